The highest BCUT2D eigenvalue weighted by molar-refractivity contribution is 6.08. The second-order valence-corrected chi connectivity index (χ2v) is 3.69. The highest BCUT2D eigenvalue weighted by Gasteiger charge is 2.11. The number of hydrogen-bond donors (Lipinski definition) is 4. The molecule has 6 heteroatoms. The summed E-state index contributed by atoms with van der Waals surface area (Å²) in [5.41, 5.74) is 4.90. The first-order valence-corrected chi connectivity index (χ1v) is 5.22. The summed E-state index contributed by atoms with van der Waals surface area (Å²) in [5.74, 6) is 9.37. The fraction of sp³-hybridized carbons (Fsp3) is 0. The lowest BCUT2D eigenvalue weighted by molar-refractivity contribution is 0.0945. The Kier molecular flexibility index (Phi) is 3.22. The Morgan fingerprint density at radius 2 is 1.67 bits per heavy atom. The number of benzene rings is 2. The molecule has 0 radical (unpaired) electrons. The van der Waals surface area contributed by atoms with Crippen molar-refractivity contribution in [2.75, 3.05) is 0 Å². The third-order valence-corrected chi connectivity index (χ3v) is 2.65. The van der Waals surface area contributed by atoms with Crippen LogP contribution in [-0.4, -0.2) is 11.8 Å². The number of rotatable bonds is 2. The molecule has 2 aromatic carbocycles. The summed E-state index contributed by atoms with van der Waals surface area (Å²) < 4.78 is 0. The van der Waals surface area contributed by atoms with E-state index in [0.29, 0.717) is 16.5 Å². The summed E-state index contributed by atoms with van der Waals surface area (Å²) in [6.45, 7) is 0. The number of nitrogens with one attached hydrogen (secondary N) is 2. The Hall–Kier alpha value is -2.44. The number of carbonyl (C=O) groups is 2. The first kappa shape index (κ1) is 12.0. The first-order chi connectivity index (χ1) is 8.67. The number of hydrazine groups is 2. The summed E-state index contributed by atoms with van der Waals surface area (Å²) in [4.78, 5) is 23.1. The van der Waals surface area contributed by atoms with E-state index in [1.807, 2.05) is 11.5 Å². The third-order valence-electron chi connectivity index (χ3n) is 2.65. The standard InChI is InChI=1S/C12H12N4O2/c13-15-11(17)8-5-4-7-2-1-3-9(10(7)6-8)12(18)16-14/h1-6H,13-14H2,(H,15,17)(H,16,18). The van der Waals surface area contributed by atoms with E-state index in [2.05, 4.69) is 5.43 Å². The lowest BCUT2D eigenvalue weighted by atomic mass is 10.0. The van der Waals surface area contributed by atoms with Crippen LogP contribution in [0.15, 0.2) is 36.4 Å². The van der Waals surface area contributed by atoms with Gasteiger partial charge in [0.15, 0.2) is 0 Å². The normalized spacial score (nSPS) is 10.1. The maximum atomic E-state index is 11.6. The molecule has 18 heavy (non-hydrogen) atoms. The predicted octanol–water partition coefficient (Wildman–Crippen LogP) is 0.0468. The van der Waals surface area contributed by atoms with Crippen molar-refractivity contribution in [2.24, 2.45) is 11.7 Å². The minimum absolute atomic E-state index is 0.377. The van der Waals surface area contributed by atoms with Gasteiger partial charge in [-0.2, -0.15) is 0 Å². The molecule has 2 aromatic rings. The Balaban J connectivity index is 2.65. The van der Waals surface area contributed by atoms with Crippen molar-refractivity contribution < 1.29 is 9.59 Å². The van der Waals surface area contributed by atoms with Gasteiger partial charge in [-0.05, 0) is 29.0 Å². The highest BCUT2D eigenvalue weighted by Crippen LogP contribution is 2.20. The smallest absolute Gasteiger partial charge is 0.265 e. The lowest BCUT2D eigenvalue weighted by Crippen LogP contribution is -2.30. The molecular weight excluding hydrogens is 232 g/mol. The monoisotopic (exact) mass is 244 g/mol. The van der Waals surface area contributed by atoms with Crippen molar-refractivity contribution in [2.45, 2.75) is 0 Å². The second kappa shape index (κ2) is 4.82. The Morgan fingerprint density at radius 1 is 0.944 bits per heavy atom. The van der Waals surface area contributed by atoms with Crippen LogP contribution in [-0.2, 0) is 0 Å². The zero-order valence-electron chi connectivity index (χ0n) is 9.44. The topological polar surface area (TPSA) is 110 Å². The van der Waals surface area contributed by atoms with Crippen LogP contribution >= 0.6 is 0 Å². The van der Waals surface area contributed by atoms with Gasteiger partial charge in [0.05, 0.1) is 0 Å². The van der Waals surface area contributed by atoms with Crippen LogP contribution in [0.2, 0.25) is 0 Å². The molecule has 2 amide bonds. The van der Waals surface area contributed by atoms with Crippen molar-refractivity contribution in [3.8, 4) is 0 Å². The van der Waals surface area contributed by atoms with E-state index in [-0.39, 0.29) is 0 Å². The van der Waals surface area contributed by atoms with Crippen LogP contribution in [0.3, 0.4) is 0 Å². The predicted molar refractivity (Wildman–Crippen MR) is 67.3 cm³/mol. The van der Waals surface area contributed by atoms with Gasteiger partial charge in [0, 0.05) is 11.1 Å². The van der Waals surface area contributed by atoms with E-state index in [9.17, 15) is 9.59 Å². The molecule has 0 atom stereocenters. The molecule has 0 aliphatic carbocycles. The van der Waals surface area contributed by atoms with Gasteiger partial charge in [-0.25, -0.2) is 11.7 Å². The van der Waals surface area contributed by atoms with E-state index in [1.54, 1.807) is 30.3 Å². The molecule has 0 saturated heterocycles. The van der Waals surface area contributed by atoms with Crippen LogP contribution in [0, 0.1) is 0 Å². The van der Waals surface area contributed by atoms with E-state index >= 15 is 0 Å². The van der Waals surface area contributed by atoms with Gasteiger partial charge in [0.2, 0.25) is 0 Å². The molecule has 6 nitrogen and oxygen atoms in total. The molecule has 0 aromatic heterocycles. The van der Waals surface area contributed by atoms with E-state index < -0.39 is 11.8 Å². The maximum Gasteiger partial charge on any atom is 0.265 e. The summed E-state index contributed by atoms with van der Waals surface area (Å²) in [6, 6.07) is 10.2. The van der Waals surface area contributed by atoms with Crippen LogP contribution in [0.25, 0.3) is 10.8 Å². The third kappa shape index (κ3) is 2.02. The highest BCUT2D eigenvalue weighted by atomic mass is 16.2. The summed E-state index contributed by atoms with van der Waals surface area (Å²) >= 11 is 0. The van der Waals surface area contributed by atoms with Gasteiger partial charge in [0.25, 0.3) is 11.8 Å². The molecule has 0 spiro atoms. The Labute approximate surface area is 103 Å². The molecule has 0 unspecified atom stereocenters. The van der Waals surface area contributed by atoms with Crippen LogP contribution in [0.1, 0.15) is 20.7 Å². The summed E-state index contributed by atoms with van der Waals surface area (Å²) in [5, 5.41) is 1.48. The number of carbonyl (C=O) groups excluding carboxylic acids is 2. The van der Waals surface area contributed by atoms with Gasteiger partial charge >= 0.3 is 0 Å². The number of nitrogen functional groups attached to an aromatic ring is 2. The minimum atomic E-state index is -0.417. The van der Waals surface area contributed by atoms with Crippen molar-refractivity contribution in [1.82, 2.24) is 10.9 Å². The largest absolute Gasteiger partial charge is 0.290 e. The number of amides is 2. The van der Waals surface area contributed by atoms with Gasteiger partial charge < -0.3 is 0 Å². The van der Waals surface area contributed by atoms with Crippen molar-refractivity contribution in [1.29, 1.82) is 0 Å². The van der Waals surface area contributed by atoms with Crippen LogP contribution in [0.5, 0.6) is 0 Å². The minimum Gasteiger partial charge on any atom is -0.290 e. The first-order valence-electron chi connectivity index (χ1n) is 5.22. The van der Waals surface area contributed by atoms with Crippen molar-refractivity contribution >= 4 is 22.6 Å². The Bertz CT molecular complexity index is 625. The van der Waals surface area contributed by atoms with Gasteiger partial charge in [-0.1, -0.05) is 18.2 Å². The van der Waals surface area contributed by atoms with Crippen LogP contribution < -0.4 is 22.5 Å². The molecule has 0 aliphatic rings. The quantitative estimate of drug-likeness (QED) is 0.340. The molecule has 92 valence electrons. The summed E-state index contributed by atoms with van der Waals surface area (Å²) in [6.07, 6.45) is 0. The molecule has 0 bridgehead atoms. The summed E-state index contributed by atoms with van der Waals surface area (Å²) in [7, 11) is 0. The fourth-order valence-electron chi connectivity index (χ4n) is 1.77. The number of fused-ring (bicyclic) bond motifs is 1. The van der Waals surface area contributed by atoms with Crippen molar-refractivity contribution in [3.05, 3.63) is 47.5 Å². The van der Waals surface area contributed by atoms with E-state index in [0.717, 1.165) is 5.39 Å². The molecule has 0 aliphatic heterocycles. The van der Waals surface area contributed by atoms with E-state index in [4.69, 9.17) is 11.7 Å². The average Bonchev–Trinajstić information content (AvgIpc) is 2.44. The van der Waals surface area contributed by atoms with Crippen LogP contribution in [0.4, 0.5) is 0 Å². The average molecular weight is 244 g/mol. The lowest BCUT2D eigenvalue weighted by Gasteiger charge is -2.07. The SMILES string of the molecule is NNC(=O)c1ccc2cccc(C(=O)NN)c2c1. The zero-order chi connectivity index (χ0) is 13.1. The van der Waals surface area contributed by atoms with Crippen molar-refractivity contribution in [3.63, 3.8) is 0 Å². The fourth-order valence-corrected chi connectivity index (χ4v) is 1.77. The molecule has 2 rings (SSSR count). The number of nitrogens with two attached hydrogens (primary N) is 2. The zero-order valence-corrected chi connectivity index (χ0v) is 9.44. The second-order valence-electron chi connectivity index (χ2n) is 3.69. The Morgan fingerprint density at radius 3 is 2.33 bits per heavy atom. The number of hydrogen-bond acceptors (Lipinski definition) is 4. The molecule has 0 fully saturated rings. The van der Waals surface area contributed by atoms with Gasteiger partial charge in [-0.3, -0.25) is 20.4 Å². The molecule has 0 saturated carbocycles. The van der Waals surface area contributed by atoms with E-state index in [1.165, 1.54) is 0 Å². The van der Waals surface area contributed by atoms with Gasteiger partial charge in [0.1, 0.15) is 0 Å². The molecule has 6 N–H and O–H groups in total. The van der Waals surface area contributed by atoms with Gasteiger partial charge in [-0.15, -0.1) is 0 Å². The molecule has 0 heterocycles. The maximum absolute atomic E-state index is 11.6. The molecular formula is C12H12N4O2.